The SMILES string of the molecule is CCCNC(N)=NCc1nc2ccccc2n1C. The minimum Gasteiger partial charge on any atom is -0.370 e. The Kier molecular flexibility index (Phi) is 3.82. The Morgan fingerprint density at radius 3 is 2.94 bits per heavy atom. The van der Waals surface area contributed by atoms with Crippen LogP contribution in [0.25, 0.3) is 11.0 Å². The Hall–Kier alpha value is -2.04. The zero-order chi connectivity index (χ0) is 13.0. The van der Waals surface area contributed by atoms with Crippen molar-refractivity contribution in [1.29, 1.82) is 0 Å². The average Bonchev–Trinajstić information content (AvgIpc) is 2.71. The van der Waals surface area contributed by atoms with E-state index in [0.29, 0.717) is 12.5 Å². The Morgan fingerprint density at radius 2 is 2.22 bits per heavy atom. The van der Waals surface area contributed by atoms with Gasteiger partial charge in [0.25, 0.3) is 0 Å². The van der Waals surface area contributed by atoms with Crippen molar-refractivity contribution >= 4 is 17.0 Å². The maximum Gasteiger partial charge on any atom is 0.189 e. The molecule has 3 N–H and O–H groups in total. The first kappa shape index (κ1) is 12.4. The molecule has 5 nitrogen and oxygen atoms in total. The van der Waals surface area contributed by atoms with E-state index < -0.39 is 0 Å². The van der Waals surface area contributed by atoms with Crippen molar-refractivity contribution in [2.24, 2.45) is 17.8 Å². The Morgan fingerprint density at radius 1 is 1.44 bits per heavy atom. The Bertz CT molecular complexity index is 556. The summed E-state index contributed by atoms with van der Waals surface area (Å²) in [5, 5.41) is 3.05. The fourth-order valence-corrected chi connectivity index (χ4v) is 1.80. The van der Waals surface area contributed by atoms with Crippen LogP contribution in [-0.2, 0) is 13.6 Å². The lowest BCUT2D eigenvalue weighted by Gasteiger charge is -2.03. The van der Waals surface area contributed by atoms with Crippen molar-refractivity contribution < 1.29 is 0 Å². The van der Waals surface area contributed by atoms with Crippen LogP contribution in [0, 0.1) is 0 Å². The highest BCUT2D eigenvalue weighted by atomic mass is 15.1. The molecule has 2 rings (SSSR count). The Labute approximate surface area is 107 Å². The molecular formula is C13H19N5. The van der Waals surface area contributed by atoms with Crippen molar-refractivity contribution in [3.63, 3.8) is 0 Å². The molecule has 0 spiro atoms. The van der Waals surface area contributed by atoms with Crippen LogP contribution in [0.4, 0.5) is 0 Å². The molecule has 96 valence electrons. The van der Waals surface area contributed by atoms with Crippen molar-refractivity contribution in [3.8, 4) is 0 Å². The van der Waals surface area contributed by atoms with Crippen molar-refractivity contribution in [1.82, 2.24) is 14.9 Å². The molecule has 0 saturated carbocycles. The summed E-state index contributed by atoms with van der Waals surface area (Å²) in [4.78, 5) is 8.83. The first-order valence-electron chi connectivity index (χ1n) is 6.16. The quantitative estimate of drug-likeness (QED) is 0.631. The average molecular weight is 245 g/mol. The predicted octanol–water partition coefficient (Wildman–Crippen LogP) is 1.39. The molecule has 0 atom stereocenters. The minimum absolute atomic E-state index is 0.476. The molecule has 0 unspecified atom stereocenters. The summed E-state index contributed by atoms with van der Waals surface area (Å²) < 4.78 is 2.05. The fourth-order valence-electron chi connectivity index (χ4n) is 1.80. The lowest BCUT2D eigenvalue weighted by molar-refractivity contribution is 0.791. The van der Waals surface area contributed by atoms with Gasteiger partial charge in [0.15, 0.2) is 5.96 Å². The van der Waals surface area contributed by atoms with Gasteiger partial charge in [-0.1, -0.05) is 19.1 Å². The predicted molar refractivity (Wildman–Crippen MR) is 74.3 cm³/mol. The highest BCUT2D eigenvalue weighted by Gasteiger charge is 2.05. The van der Waals surface area contributed by atoms with Crippen LogP contribution in [0.3, 0.4) is 0 Å². The summed E-state index contributed by atoms with van der Waals surface area (Å²) >= 11 is 0. The number of benzene rings is 1. The molecule has 0 bridgehead atoms. The zero-order valence-corrected chi connectivity index (χ0v) is 10.8. The van der Waals surface area contributed by atoms with Gasteiger partial charge in [0, 0.05) is 13.6 Å². The van der Waals surface area contributed by atoms with Gasteiger partial charge in [0.05, 0.1) is 11.0 Å². The molecule has 5 heteroatoms. The number of aryl methyl sites for hydroxylation is 1. The van der Waals surface area contributed by atoms with Gasteiger partial charge >= 0.3 is 0 Å². The third-order valence-corrected chi connectivity index (χ3v) is 2.83. The summed E-state index contributed by atoms with van der Waals surface area (Å²) in [6.07, 6.45) is 1.03. The van der Waals surface area contributed by atoms with Gasteiger partial charge in [-0.05, 0) is 18.6 Å². The molecule has 0 saturated heterocycles. The van der Waals surface area contributed by atoms with E-state index in [1.807, 2.05) is 35.9 Å². The molecule has 0 aliphatic rings. The van der Waals surface area contributed by atoms with Gasteiger partial charge in [-0.25, -0.2) is 9.98 Å². The summed E-state index contributed by atoms with van der Waals surface area (Å²) in [5.74, 6) is 1.39. The normalized spacial score (nSPS) is 12.0. The number of nitrogens with one attached hydrogen (secondary N) is 1. The first-order chi connectivity index (χ1) is 8.72. The second-order valence-corrected chi connectivity index (χ2v) is 4.20. The van der Waals surface area contributed by atoms with Crippen molar-refractivity contribution in [3.05, 3.63) is 30.1 Å². The molecule has 0 aliphatic carbocycles. The van der Waals surface area contributed by atoms with Crippen LogP contribution in [0.2, 0.25) is 0 Å². The van der Waals surface area contributed by atoms with Gasteiger partial charge < -0.3 is 15.6 Å². The number of nitrogens with zero attached hydrogens (tertiary/aromatic N) is 3. The molecule has 0 radical (unpaired) electrons. The summed E-state index contributed by atoms with van der Waals surface area (Å²) in [5.41, 5.74) is 7.86. The minimum atomic E-state index is 0.476. The topological polar surface area (TPSA) is 68.2 Å². The third-order valence-electron chi connectivity index (χ3n) is 2.83. The van der Waals surface area contributed by atoms with E-state index >= 15 is 0 Å². The lowest BCUT2D eigenvalue weighted by Crippen LogP contribution is -2.32. The first-order valence-corrected chi connectivity index (χ1v) is 6.16. The van der Waals surface area contributed by atoms with Crippen molar-refractivity contribution in [2.45, 2.75) is 19.9 Å². The number of guanidine groups is 1. The summed E-state index contributed by atoms with van der Waals surface area (Å²) in [6.45, 7) is 3.43. The van der Waals surface area contributed by atoms with E-state index in [0.717, 1.165) is 29.8 Å². The highest BCUT2D eigenvalue weighted by Crippen LogP contribution is 2.14. The van der Waals surface area contributed by atoms with E-state index in [-0.39, 0.29) is 0 Å². The summed E-state index contributed by atoms with van der Waals surface area (Å²) in [7, 11) is 2.00. The molecule has 0 amide bonds. The van der Waals surface area contributed by atoms with Crippen molar-refractivity contribution in [2.75, 3.05) is 6.54 Å². The van der Waals surface area contributed by atoms with E-state index in [9.17, 15) is 0 Å². The van der Waals surface area contributed by atoms with E-state index in [2.05, 4.69) is 22.2 Å². The molecule has 2 aromatic rings. The number of rotatable bonds is 4. The summed E-state index contributed by atoms with van der Waals surface area (Å²) in [6, 6.07) is 8.04. The maximum absolute atomic E-state index is 5.75. The maximum atomic E-state index is 5.75. The van der Waals surface area contributed by atoms with Crippen LogP contribution in [0.1, 0.15) is 19.2 Å². The number of hydrogen-bond donors (Lipinski definition) is 2. The van der Waals surface area contributed by atoms with Gasteiger partial charge in [-0.15, -0.1) is 0 Å². The van der Waals surface area contributed by atoms with Crippen LogP contribution < -0.4 is 11.1 Å². The number of fused-ring (bicyclic) bond motifs is 1. The largest absolute Gasteiger partial charge is 0.370 e. The van der Waals surface area contributed by atoms with Crippen LogP contribution in [0.5, 0.6) is 0 Å². The fraction of sp³-hybridized carbons (Fsp3) is 0.385. The number of aromatic nitrogens is 2. The van der Waals surface area contributed by atoms with Gasteiger partial charge in [-0.2, -0.15) is 0 Å². The van der Waals surface area contributed by atoms with Crippen LogP contribution in [-0.4, -0.2) is 22.1 Å². The van der Waals surface area contributed by atoms with E-state index in [1.54, 1.807) is 0 Å². The molecule has 1 aromatic carbocycles. The number of para-hydroxylation sites is 2. The highest BCUT2D eigenvalue weighted by molar-refractivity contribution is 5.78. The standard InChI is InChI=1S/C13H19N5/c1-3-8-15-13(14)16-9-12-17-10-6-4-5-7-11(10)18(12)2/h4-7H,3,8-9H2,1-2H3,(H3,14,15,16). The van der Waals surface area contributed by atoms with Crippen LogP contribution >= 0.6 is 0 Å². The number of imidazole rings is 1. The molecule has 0 aliphatic heterocycles. The van der Waals surface area contributed by atoms with Gasteiger partial charge in [0.1, 0.15) is 12.4 Å². The molecule has 0 fully saturated rings. The smallest absolute Gasteiger partial charge is 0.189 e. The molecule has 1 heterocycles. The second-order valence-electron chi connectivity index (χ2n) is 4.20. The Balaban J connectivity index is 2.14. The van der Waals surface area contributed by atoms with Crippen LogP contribution in [0.15, 0.2) is 29.3 Å². The molecular weight excluding hydrogens is 226 g/mol. The third kappa shape index (κ3) is 2.61. The zero-order valence-electron chi connectivity index (χ0n) is 10.8. The van der Waals surface area contributed by atoms with Gasteiger partial charge in [0.2, 0.25) is 0 Å². The van der Waals surface area contributed by atoms with E-state index in [4.69, 9.17) is 5.73 Å². The lowest BCUT2D eigenvalue weighted by atomic mass is 10.3. The molecule has 18 heavy (non-hydrogen) atoms. The second kappa shape index (κ2) is 5.53. The number of aliphatic imine (C=N–C) groups is 1. The van der Waals surface area contributed by atoms with Gasteiger partial charge in [-0.3, -0.25) is 0 Å². The van der Waals surface area contributed by atoms with E-state index in [1.165, 1.54) is 0 Å². The molecule has 1 aromatic heterocycles. The number of nitrogens with two attached hydrogens (primary N) is 1. The monoisotopic (exact) mass is 245 g/mol. The number of hydrogen-bond acceptors (Lipinski definition) is 2.